The predicted octanol–water partition coefficient (Wildman–Crippen LogP) is 2.34. The zero-order valence-electron chi connectivity index (χ0n) is 21.7. The number of nitrogens with zero attached hydrogens (tertiary/aromatic N) is 3. The number of hydrogen-bond donors (Lipinski definition) is 3. The quantitative estimate of drug-likeness (QED) is 0.273. The minimum atomic E-state index is -4.40. The van der Waals surface area contributed by atoms with Crippen molar-refractivity contribution in [2.24, 2.45) is 5.73 Å². The molecular weight excluding hydrogens is 518 g/mol. The van der Waals surface area contributed by atoms with Crippen molar-refractivity contribution >= 4 is 38.6 Å². The Kier molecular flexibility index (Phi) is 8.51. The highest BCUT2D eigenvalue weighted by Gasteiger charge is 2.40. The number of carboxylic acids is 1. The van der Waals surface area contributed by atoms with Crippen LogP contribution in [0, 0.1) is 5.41 Å². The van der Waals surface area contributed by atoms with Gasteiger partial charge in [0, 0.05) is 26.2 Å². The Morgan fingerprint density at radius 3 is 2.41 bits per heavy atom. The molecular formula is C28H33N5O5S. The largest absolute Gasteiger partial charge is 0.480 e. The number of carbonyl (C=O) groups is 2. The fourth-order valence-corrected chi connectivity index (χ4v) is 6.58. The van der Waals surface area contributed by atoms with E-state index in [1.165, 1.54) is 17.0 Å². The topological polar surface area (TPSA) is 148 Å². The fraction of sp³-hybridized carbons (Fsp3) is 0.321. The first-order valence-electron chi connectivity index (χ1n) is 12.7. The highest BCUT2D eigenvalue weighted by molar-refractivity contribution is 7.89. The van der Waals surface area contributed by atoms with Gasteiger partial charge in [0.05, 0.1) is 4.90 Å². The van der Waals surface area contributed by atoms with E-state index in [9.17, 15) is 23.1 Å². The standard InChI is InChI=1S/C28H33N5O5S/c1-31(23-12-7-15-32(18-23)28(29)30)27(36)25(16-20-8-3-2-4-9-20)33(19-26(34)35)39(37,38)24-14-13-21-10-5-6-11-22(21)17-24/h2-6,8-11,13-14,17,23,25H,7,12,15-16,18-19H2,1H3,(H3,29,30)(H,34,35)/t23-,25+/m0/s1. The van der Waals surface area contributed by atoms with Crippen LogP contribution in [0.2, 0.25) is 0 Å². The lowest BCUT2D eigenvalue weighted by Gasteiger charge is -2.40. The lowest BCUT2D eigenvalue weighted by atomic mass is 10.0. The summed E-state index contributed by atoms with van der Waals surface area (Å²) in [6.45, 7) is 0.0608. The molecule has 11 heteroatoms. The van der Waals surface area contributed by atoms with Gasteiger partial charge in [0.1, 0.15) is 12.6 Å². The third-order valence-electron chi connectivity index (χ3n) is 7.16. The molecule has 2 atom stereocenters. The molecule has 0 aliphatic carbocycles. The fourth-order valence-electron chi connectivity index (χ4n) is 5.01. The van der Waals surface area contributed by atoms with Crippen molar-refractivity contribution in [2.75, 3.05) is 26.7 Å². The second kappa shape index (κ2) is 11.8. The van der Waals surface area contributed by atoms with Crippen LogP contribution in [-0.2, 0) is 26.0 Å². The number of carbonyl (C=O) groups excluding carboxylic acids is 1. The number of likely N-dealkylation sites (N-methyl/N-ethyl adjacent to an activating group) is 1. The van der Waals surface area contributed by atoms with Crippen molar-refractivity contribution in [3.63, 3.8) is 0 Å². The van der Waals surface area contributed by atoms with Gasteiger partial charge < -0.3 is 20.6 Å². The van der Waals surface area contributed by atoms with E-state index in [-0.39, 0.29) is 23.3 Å². The zero-order chi connectivity index (χ0) is 28.2. The highest BCUT2D eigenvalue weighted by Crippen LogP contribution is 2.26. The maximum absolute atomic E-state index is 14.1. The first-order valence-corrected chi connectivity index (χ1v) is 14.1. The number of nitrogens with one attached hydrogen (secondary N) is 1. The molecule has 10 nitrogen and oxygen atoms in total. The molecule has 1 fully saturated rings. The number of aliphatic carboxylic acids is 1. The summed E-state index contributed by atoms with van der Waals surface area (Å²) >= 11 is 0. The van der Waals surface area contributed by atoms with Gasteiger partial charge in [0.2, 0.25) is 15.9 Å². The van der Waals surface area contributed by atoms with Crippen LogP contribution in [0.25, 0.3) is 10.8 Å². The number of hydrogen-bond acceptors (Lipinski definition) is 5. The van der Waals surface area contributed by atoms with Crippen LogP contribution in [0.4, 0.5) is 0 Å². The summed E-state index contributed by atoms with van der Waals surface area (Å²) in [6.07, 6.45) is 1.35. The number of benzene rings is 3. The van der Waals surface area contributed by atoms with Gasteiger partial charge in [-0.15, -0.1) is 0 Å². The van der Waals surface area contributed by atoms with Crippen molar-refractivity contribution < 1.29 is 23.1 Å². The van der Waals surface area contributed by atoms with E-state index in [2.05, 4.69) is 0 Å². The molecule has 1 heterocycles. The number of carboxylic acid groups (broad SMARTS) is 1. The molecule has 1 amide bonds. The number of piperidine rings is 1. The molecule has 0 radical (unpaired) electrons. The van der Waals surface area contributed by atoms with E-state index >= 15 is 0 Å². The van der Waals surface area contributed by atoms with Crippen LogP contribution >= 0.6 is 0 Å². The summed E-state index contributed by atoms with van der Waals surface area (Å²) in [7, 11) is -2.81. The Hall–Kier alpha value is -3.96. The first kappa shape index (κ1) is 28.1. The summed E-state index contributed by atoms with van der Waals surface area (Å²) in [5.74, 6) is -1.97. The summed E-state index contributed by atoms with van der Waals surface area (Å²) in [4.78, 5) is 29.1. The molecule has 0 saturated carbocycles. The van der Waals surface area contributed by atoms with Crippen molar-refractivity contribution in [1.29, 1.82) is 5.41 Å². The number of nitrogens with two attached hydrogens (primary N) is 1. The lowest BCUT2D eigenvalue weighted by Crippen LogP contribution is -2.57. The molecule has 0 bridgehead atoms. The number of likely N-dealkylation sites (tertiary alicyclic amines) is 1. The van der Waals surface area contributed by atoms with Crippen LogP contribution in [-0.4, -0.2) is 84.2 Å². The summed E-state index contributed by atoms with van der Waals surface area (Å²) in [5, 5.41) is 19.1. The SMILES string of the molecule is CN(C(=O)[C@@H](Cc1ccccc1)N(CC(=O)O)S(=O)(=O)c1ccc2ccccc2c1)[C@H]1CCCN(C(=N)N)C1. The van der Waals surface area contributed by atoms with Gasteiger partial charge in [-0.1, -0.05) is 60.7 Å². The molecule has 0 spiro atoms. The van der Waals surface area contributed by atoms with E-state index in [1.807, 2.05) is 18.2 Å². The number of guanidine groups is 1. The van der Waals surface area contributed by atoms with Gasteiger partial charge in [0.15, 0.2) is 5.96 Å². The number of fused-ring (bicyclic) bond motifs is 1. The second-order valence-electron chi connectivity index (χ2n) is 9.73. The number of amides is 1. The molecule has 1 saturated heterocycles. The molecule has 0 unspecified atom stereocenters. The average molecular weight is 552 g/mol. The normalized spacial score (nSPS) is 16.7. The molecule has 4 rings (SSSR count). The van der Waals surface area contributed by atoms with Crippen molar-refractivity contribution in [2.45, 2.75) is 36.2 Å². The maximum atomic E-state index is 14.1. The smallest absolute Gasteiger partial charge is 0.318 e. The van der Waals surface area contributed by atoms with Gasteiger partial charge in [-0.25, -0.2) is 8.42 Å². The third kappa shape index (κ3) is 6.37. The molecule has 206 valence electrons. The third-order valence-corrected chi connectivity index (χ3v) is 9.01. The van der Waals surface area contributed by atoms with E-state index in [0.29, 0.717) is 36.9 Å². The molecule has 3 aromatic carbocycles. The van der Waals surface area contributed by atoms with Crippen LogP contribution in [0.15, 0.2) is 77.7 Å². The number of rotatable bonds is 9. The lowest BCUT2D eigenvalue weighted by molar-refractivity contribution is -0.140. The highest BCUT2D eigenvalue weighted by atomic mass is 32.2. The summed E-state index contributed by atoms with van der Waals surface area (Å²) < 4.78 is 28.9. The van der Waals surface area contributed by atoms with E-state index in [0.717, 1.165) is 9.69 Å². The molecule has 0 aromatic heterocycles. The molecule has 4 N–H and O–H groups in total. The van der Waals surface area contributed by atoms with Gasteiger partial charge in [-0.05, 0) is 47.7 Å². The van der Waals surface area contributed by atoms with Gasteiger partial charge in [-0.2, -0.15) is 4.31 Å². The van der Waals surface area contributed by atoms with Crippen molar-refractivity contribution in [1.82, 2.24) is 14.1 Å². The molecule has 39 heavy (non-hydrogen) atoms. The second-order valence-corrected chi connectivity index (χ2v) is 11.6. The first-order chi connectivity index (χ1) is 18.6. The minimum absolute atomic E-state index is 0.00670. The Morgan fingerprint density at radius 1 is 1.08 bits per heavy atom. The van der Waals surface area contributed by atoms with E-state index in [4.69, 9.17) is 11.1 Å². The summed E-state index contributed by atoms with van der Waals surface area (Å²) in [6, 6.07) is 19.2. The van der Waals surface area contributed by atoms with E-state index in [1.54, 1.807) is 54.4 Å². The predicted molar refractivity (Wildman–Crippen MR) is 149 cm³/mol. The minimum Gasteiger partial charge on any atom is -0.480 e. The summed E-state index contributed by atoms with van der Waals surface area (Å²) in [5.41, 5.74) is 6.38. The van der Waals surface area contributed by atoms with Crippen LogP contribution in [0.3, 0.4) is 0 Å². The van der Waals surface area contributed by atoms with Crippen LogP contribution < -0.4 is 5.73 Å². The Balaban J connectivity index is 1.75. The Labute approximate surface area is 228 Å². The van der Waals surface area contributed by atoms with Crippen LogP contribution in [0.1, 0.15) is 18.4 Å². The molecule has 1 aliphatic rings. The average Bonchev–Trinajstić information content (AvgIpc) is 2.94. The monoisotopic (exact) mass is 551 g/mol. The van der Waals surface area contributed by atoms with Gasteiger partial charge >= 0.3 is 5.97 Å². The Bertz CT molecular complexity index is 1460. The van der Waals surface area contributed by atoms with Crippen molar-refractivity contribution in [3.8, 4) is 0 Å². The number of sulfonamides is 1. The van der Waals surface area contributed by atoms with Gasteiger partial charge in [0.25, 0.3) is 0 Å². The zero-order valence-corrected chi connectivity index (χ0v) is 22.5. The van der Waals surface area contributed by atoms with Crippen molar-refractivity contribution in [3.05, 3.63) is 78.4 Å². The molecule has 1 aliphatic heterocycles. The van der Waals surface area contributed by atoms with Gasteiger partial charge in [-0.3, -0.25) is 15.0 Å². The van der Waals surface area contributed by atoms with Crippen LogP contribution in [0.5, 0.6) is 0 Å². The maximum Gasteiger partial charge on any atom is 0.318 e. The van der Waals surface area contributed by atoms with E-state index < -0.39 is 34.5 Å². The molecule has 3 aromatic rings. The Morgan fingerprint density at radius 2 is 1.74 bits per heavy atom.